The summed E-state index contributed by atoms with van der Waals surface area (Å²) in [5, 5.41) is 2.94. The molecule has 5 heteroatoms. The van der Waals surface area contributed by atoms with E-state index in [2.05, 4.69) is 10.2 Å². The summed E-state index contributed by atoms with van der Waals surface area (Å²) < 4.78 is 0. The van der Waals surface area contributed by atoms with Gasteiger partial charge in [-0.15, -0.1) is 0 Å². The summed E-state index contributed by atoms with van der Waals surface area (Å²) >= 11 is 0. The number of carbonyl (C=O) groups is 2. The van der Waals surface area contributed by atoms with Gasteiger partial charge in [0.1, 0.15) is 0 Å². The molecule has 114 valence electrons. The zero-order valence-electron chi connectivity index (χ0n) is 12.5. The van der Waals surface area contributed by atoms with Crippen LogP contribution in [0.3, 0.4) is 0 Å². The zero-order chi connectivity index (χ0) is 15.1. The highest BCUT2D eigenvalue weighted by Crippen LogP contribution is 2.03. The average molecular weight is 289 g/mol. The van der Waals surface area contributed by atoms with Crippen molar-refractivity contribution in [1.82, 2.24) is 15.1 Å². The van der Waals surface area contributed by atoms with E-state index in [0.29, 0.717) is 13.0 Å². The predicted octanol–water partition coefficient (Wildman–Crippen LogP) is 0.857. The van der Waals surface area contributed by atoms with Crippen LogP contribution in [0.1, 0.15) is 18.9 Å². The molecule has 1 saturated heterocycles. The average Bonchev–Trinajstić information content (AvgIpc) is 2.52. The van der Waals surface area contributed by atoms with Crippen molar-refractivity contribution in [3.05, 3.63) is 35.9 Å². The lowest BCUT2D eigenvalue weighted by atomic mass is 10.2. The van der Waals surface area contributed by atoms with E-state index in [-0.39, 0.29) is 11.8 Å². The van der Waals surface area contributed by atoms with Crippen LogP contribution in [0.15, 0.2) is 30.3 Å². The van der Waals surface area contributed by atoms with Gasteiger partial charge in [0.05, 0.1) is 0 Å². The van der Waals surface area contributed by atoms with E-state index in [1.165, 1.54) is 0 Å². The maximum absolute atomic E-state index is 11.8. The Labute approximate surface area is 125 Å². The van der Waals surface area contributed by atoms with Gasteiger partial charge in [0, 0.05) is 52.6 Å². The maximum Gasteiger partial charge on any atom is 0.221 e. The third kappa shape index (κ3) is 5.19. The van der Waals surface area contributed by atoms with E-state index in [1.807, 2.05) is 35.2 Å². The Morgan fingerprint density at radius 2 is 1.76 bits per heavy atom. The number of nitrogens with zero attached hydrogens (tertiary/aromatic N) is 2. The van der Waals surface area contributed by atoms with Gasteiger partial charge in [-0.05, 0) is 5.56 Å². The van der Waals surface area contributed by atoms with E-state index >= 15 is 0 Å². The number of benzene rings is 1. The molecule has 0 atom stereocenters. The highest BCUT2D eigenvalue weighted by Gasteiger charge is 2.18. The normalized spacial score (nSPS) is 15.8. The van der Waals surface area contributed by atoms with E-state index < -0.39 is 0 Å². The number of amides is 2. The molecule has 0 unspecified atom stereocenters. The number of carbonyl (C=O) groups excluding carboxylic acids is 2. The molecule has 1 fully saturated rings. The molecule has 0 aliphatic carbocycles. The van der Waals surface area contributed by atoms with Crippen molar-refractivity contribution in [2.24, 2.45) is 0 Å². The first kappa shape index (κ1) is 15.5. The summed E-state index contributed by atoms with van der Waals surface area (Å²) in [5.74, 6) is 0.211. The van der Waals surface area contributed by atoms with Crippen LogP contribution in [-0.4, -0.2) is 54.3 Å². The first-order valence-electron chi connectivity index (χ1n) is 7.43. The Morgan fingerprint density at radius 3 is 2.38 bits per heavy atom. The summed E-state index contributed by atoms with van der Waals surface area (Å²) in [5.41, 5.74) is 1.11. The molecule has 21 heavy (non-hydrogen) atoms. The van der Waals surface area contributed by atoms with E-state index in [1.54, 1.807) is 6.92 Å². The van der Waals surface area contributed by atoms with Crippen LogP contribution in [0.2, 0.25) is 0 Å². The fourth-order valence-electron chi connectivity index (χ4n) is 2.43. The second kappa shape index (κ2) is 7.78. The molecule has 0 radical (unpaired) electrons. The van der Waals surface area contributed by atoms with Gasteiger partial charge < -0.3 is 10.2 Å². The van der Waals surface area contributed by atoms with Crippen LogP contribution in [0.25, 0.3) is 0 Å². The van der Waals surface area contributed by atoms with Crippen LogP contribution < -0.4 is 5.32 Å². The van der Waals surface area contributed by atoms with Crippen LogP contribution >= 0.6 is 0 Å². The van der Waals surface area contributed by atoms with Gasteiger partial charge in [-0.2, -0.15) is 0 Å². The summed E-state index contributed by atoms with van der Waals surface area (Å²) in [4.78, 5) is 27.2. The largest absolute Gasteiger partial charge is 0.352 e. The Morgan fingerprint density at radius 1 is 1.10 bits per heavy atom. The number of rotatable bonds is 5. The van der Waals surface area contributed by atoms with Crippen LogP contribution in [0, 0.1) is 0 Å². The minimum absolute atomic E-state index is 0.0767. The lowest BCUT2D eigenvalue weighted by Crippen LogP contribution is -2.48. The van der Waals surface area contributed by atoms with Crippen molar-refractivity contribution in [3.63, 3.8) is 0 Å². The SMILES string of the molecule is CC(=O)N1CCN(CCC(=O)NCc2ccccc2)CC1. The summed E-state index contributed by atoms with van der Waals surface area (Å²) in [6.45, 7) is 6.18. The number of hydrogen-bond donors (Lipinski definition) is 1. The molecule has 0 bridgehead atoms. The van der Waals surface area contributed by atoms with Crippen LogP contribution in [0.5, 0.6) is 0 Å². The Kier molecular flexibility index (Phi) is 5.75. The second-order valence-electron chi connectivity index (χ2n) is 5.36. The van der Waals surface area contributed by atoms with E-state index in [4.69, 9.17) is 0 Å². The molecule has 0 aromatic heterocycles. The molecule has 1 aromatic carbocycles. The molecule has 0 saturated carbocycles. The molecule has 2 rings (SSSR count). The lowest BCUT2D eigenvalue weighted by molar-refractivity contribution is -0.131. The minimum Gasteiger partial charge on any atom is -0.352 e. The topological polar surface area (TPSA) is 52.7 Å². The molecule has 5 nitrogen and oxygen atoms in total. The van der Waals surface area contributed by atoms with Gasteiger partial charge in [0.2, 0.25) is 11.8 Å². The Bertz CT molecular complexity index is 468. The molecule has 1 aromatic rings. The van der Waals surface area contributed by atoms with Gasteiger partial charge in [0.15, 0.2) is 0 Å². The van der Waals surface area contributed by atoms with Crippen molar-refractivity contribution < 1.29 is 9.59 Å². The second-order valence-corrected chi connectivity index (χ2v) is 5.36. The number of nitrogens with one attached hydrogen (secondary N) is 1. The minimum atomic E-state index is 0.0767. The van der Waals surface area contributed by atoms with E-state index in [9.17, 15) is 9.59 Å². The lowest BCUT2D eigenvalue weighted by Gasteiger charge is -2.34. The third-order valence-electron chi connectivity index (χ3n) is 3.81. The number of piperazine rings is 1. The number of hydrogen-bond acceptors (Lipinski definition) is 3. The van der Waals surface area contributed by atoms with Crippen molar-refractivity contribution in [2.75, 3.05) is 32.7 Å². The fourth-order valence-corrected chi connectivity index (χ4v) is 2.43. The zero-order valence-corrected chi connectivity index (χ0v) is 12.5. The predicted molar refractivity (Wildman–Crippen MR) is 81.6 cm³/mol. The van der Waals surface area contributed by atoms with Gasteiger partial charge >= 0.3 is 0 Å². The first-order chi connectivity index (χ1) is 10.1. The molecule has 2 amide bonds. The third-order valence-corrected chi connectivity index (χ3v) is 3.81. The van der Waals surface area contributed by atoms with Gasteiger partial charge in [-0.3, -0.25) is 14.5 Å². The molecular formula is C16H23N3O2. The summed E-state index contributed by atoms with van der Waals surface area (Å²) in [6.07, 6.45) is 0.507. The monoisotopic (exact) mass is 289 g/mol. The fraction of sp³-hybridized carbons (Fsp3) is 0.500. The molecule has 1 aliphatic heterocycles. The van der Waals surface area contributed by atoms with Crippen molar-refractivity contribution in [1.29, 1.82) is 0 Å². The molecular weight excluding hydrogens is 266 g/mol. The van der Waals surface area contributed by atoms with Gasteiger partial charge in [-0.25, -0.2) is 0 Å². The van der Waals surface area contributed by atoms with E-state index in [0.717, 1.165) is 38.3 Å². The van der Waals surface area contributed by atoms with Crippen molar-refractivity contribution in [2.45, 2.75) is 19.9 Å². The van der Waals surface area contributed by atoms with Crippen molar-refractivity contribution in [3.8, 4) is 0 Å². The molecule has 0 spiro atoms. The summed E-state index contributed by atoms with van der Waals surface area (Å²) in [6, 6.07) is 9.90. The summed E-state index contributed by atoms with van der Waals surface area (Å²) in [7, 11) is 0. The highest BCUT2D eigenvalue weighted by molar-refractivity contribution is 5.76. The van der Waals surface area contributed by atoms with Crippen LogP contribution in [-0.2, 0) is 16.1 Å². The standard InChI is InChI=1S/C16H23N3O2/c1-14(20)19-11-9-18(10-12-19)8-7-16(21)17-13-15-5-3-2-4-6-15/h2-6H,7-13H2,1H3,(H,17,21). The van der Waals surface area contributed by atoms with Crippen molar-refractivity contribution >= 4 is 11.8 Å². The highest BCUT2D eigenvalue weighted by atomic mass is 16.2. The quantitative estimate of drug-likeness (QED) is 0.874. The Balaban J connectivity index is 1.62. The molecule has 1 heterocycles. The molecule has 1 N–H and O–H groups in total. The maximum atomic E-state index is 11.8. The Hall–Kier alpha value is -1.88. The molecule has 1 aliphatic rings. The van der Waals surface area contributed by atoms with Gasteiger partial charge in [-0.1, -0.05) is 30.3 Å². The van der Waals surface area contributed by atoms with Crippen LogP contribution in [0.4, 0.5) is 0 Å². The first-order valence-corrected chi connectivity index (χ1v) is 7.43. The smallest absolute Gasteiger partial charge is 0.221 e. The van der Waals surface area contributed by atoms with Gasteiger partial charge in [0.25, 0.3) is 0 Å².